The Morgan fingerprint density at radius 3 is 2.57 bits per heavy atom. The van der Waals surface area contributed by atoms with E-state index < -0.39 is 0 Å². The van der Waals surface area contributed by atoms with Gasteiger partial charge in [0, 0.05) is 31.5 Å². The molecule has 1 aromatic rings. The van der Waals surface area contributed by atoms with Crippen LogP contribution in [0.25, 0.3) is 0 Å². The molecule has 4 rings (SSSR count). The fourth-order valence-electron chi connectivity index (χ4n) is 5.28. The number of carbonyl (C=O) groups excluding carboxylic acids is 1. The molecule has 1 saturated carbocycles. The van der Waals surface area contributed by atoms with Crippen LogP contribution < -0.4 is 0 Å². The Morgan fingerprint density at radius 2 is 1.87 bits per heavy atom. The van der Waals surface area contributed by atoms with E-state index in [0.717, 1.165) is 38.8 Å². The fraction of sp³-hybridized carbons (Fsp3) is 0.650. The van der Waals surface area contributed by atoms with Gasteiger partial charge in [-0.1, -0.05) is 30.7 Å². The molecule has 2 atom stereocenters. The van der Waals surface area contributed by atoms with Crippen LogP contribution in [0.4, 0.5) is 0 Å². The molecule has 1 amide bonds. The van der Waals surface area contributed by atoms with Crippen LogP contribution in [0.15, 0.2) is 24.3 Å². The van der Waals surface area contributed by atoms with E-state index in [2.05, 4.69) is 29.2 Å². The normalized spacial score (nSPS) is 30.8. The number of methoxy groups -OCH3 is 1. The van der Waals surface area contributed by atoms with Crippen molar-refractivity contribution in [3.63, 3.8) is 0 Å². The number of hydrogen-bond donors (Lipinski definition) is 0. The molecule has 1 aromatic carbocycles. The SMILES string of the molecule is CO[C@@H]1CCC[C@@]12CCCN(C(=O)C1Cc3ccccc3C1)C2. The van der Waals surface area contributed by atoms with Gasteiger partial charge in [-0.25, -0.2) is 0 Å². The van der Waals surface area contributed by atoms with Gasteiger partial charge in [0.2, 0.25) is 5.91 Å². The number of benzene rings is 1. The van der Waals surface area contributed by atoms with Crippen LogP contribution in [0.5, 0.6) is 0 Å². The van der Waals surface area contributed by atoms with E-state index in [1.165, 1.54) is 30.4 Å². The minimum absolute atomic E-state index is 0.157. The quantitative estimate of drug-likeness (QED) is 0.839. The van der Waals surface area contributed by atoms with Crippen molar-refractivity contribution in [2.45, 2.75) is 51.0 Å². The second-order valence-corrected chi connectivity index (χ2v) is 7.72. The van der Waals surface area contributed by atoms with Crippen molar-refractivity contribution >= 4 is 5.91 Å². The zero-order chi connectivity index (χ0) is 15.9. The molecule has 0 N–H and O–H groups in total. The van der Waals surface area contributed by atoms with Gasteiger partial charge in [-0.3, -0.25) is 4.79 Å². The summed E-state index contributed by atoms with van der Waals surface area (Å²) in [6.07, 6.45) is 8.17. The average Bonchev–Trinajstić information content (AvgIpc) is 3.18. The smallest absolute Gasteiger partial charge is 0.226 e. The predicted molar refractivity (Wildman–Crippen MR) is 90.2 cm³/mol. The standard InChI is InChI=1S/C20H27NO2/c1-23-18-8-4-9-20(18)10-5-11-21(14-20)19(22)17-12-15-6-2-3-7-16(15)13-17/h2-3,6-7,17-18H,4-5,8-14H2,1H3/t18-,20+/m1/s1. The lowest BCUT2D eigenvalue weighted by atomic mass is 9.76. The van der Waals surface area contributed by atoms with Gasteiger partial charge >= 0.3 is 0 Å². The van der Waals surface area contributed by atoms with E-state index in [-0.39, 0.29) is 11.3 Å². The minimum Gasteiger partial charge on any atom is -0.381 e. The van der Waals surface area contributed by atoms with Crippen LogP contribution in [-0.2, 0) is 22.4 Å². The molecular weight excluding hydrogens is 286 g/mol. The Labute approximate surface area is 139 Å². The van der Waals surface area contributed by atoms with Gasteiger partial charge in [-0.15, -0.1) is 0 Å². The van der Waals surface area contributed by atoms with E-state index in [4.69, 9.17) is 4.74 Å². The number of nitrogens with zero attached hydrogens (tertiary/aromatic N) is 1. The molecule has 1 spiro atoms. The number of ether oxygens (including phenoxy) is 1. The Morgan fingerprint density at radius 1 is 1.17 bits per heavy atom. The molecule has 0 unspecified atom stereocenters. The molecule has 3 nitrogen and oxygen atoms in total. The third-order valence-electron chi connectivity index (χ3n) is 6.43. The summed E-state index contributed by atoms with van der Waals surface area (Å²) in [4.78, 5) is 15.3. The van der Waals surface area contributed by atoms with E-state index in [9.17, 15) is 4.79 Å². The van der Waals surface area contributed by atoms with E-state index in [1.807, 2.05) is 7.11 Å². The van der Waals surface area contributed by atoms with Crippen molar-refractivity contribution in [2.75, 3.05) is 20.2 Å². The van der Waals surface area contributed by atoms with Crippen LogP contribution in [0.3, 0.4) is 0 Å². The summed E-state index contributed by atoms with van der Waals surface area (Å²) in [5, 5.41) is 0. The highest BCUT2D eigenvalue weighted by Gasteiger charge is 2.47. The van der Waals surface area contributed by atoms with Crippen molar-refractivity contribution in [3.05, 3.63) is 35.4 Å². The monoisotopic (exact) mass is 313 g/mol. The number of amides is 1. The summed E-state index contributed by atoms with van der Waals surface area (Å²) in [6.45, 7) is 1.85. The van der Waals surface area contributed by atoms with Gasteiger partial charge in [0.05, 0.1) is 6.10 Å². The Balaban J connectivity index is 1.47. The highest BCUT2D eigenvalue weighted by atomic mass is 16.5. The number of rotatable bonds is 2. The molecule has 0 radical (unpaired) electrons. The molecule has 2 fully saturated rings. The highest BCUT2D eigenvalue weighted by Crippen LogP contribution is 2.46. The van der Waals surface area contributed by atoms with Crippen LogP contribution in [-0.4, -0.2) is 37.1 Å². The van der Waals surface area contributed by atoms with Crippen LogP contribution in [0, 0.1) is 11.3 Å². The van der Waals surface area contributed by atoms with Gasteiger partial charge < -0.3 is 9.64 Å². The highest BCUT2D eigenvalue weighted by molar-refractivity contribution is 5.80. The number of fused-ring (bicyclic) bond motifs is 1. The maximum Gasteiger partial charge on any atom is 0.226 e. The average molecular weight is 313 g/mol. The van der Waals surface area contributed by atoms with Crippen molar-refractivity contribution in [3.8, 4) is 0 Å². The van der Waals surface area contributed by atoms with Gasteiger partial charge in [-0.2, -0.15) is 0 Å². The first kappa shape index (κ1) is 15.2. The van der Waals surface area contributed by atoms with E-state index in [0.29, 0.717) is 12.0 Å². The summed E-state index contributed by atoms with van der Waals surface area (Å²) < 4.78 is 5.77. The van der Waals surface area contributed by atoms with Crippen molar-refractivity contribution in [1.82, 2.24) is 4.90 Å². The second kappa shape index (κ2) is 5.94. The maximum atomic E-state index is 13.1. The topological polar surface area (TPSA) is 29.5 Å². The number of carbonyl (C=O) groups is 1. The predicted octanol–water partition coefficient (Wildman–Crippen LogP) is 3.21. The molecule has 1 heterocycles. The van der Waals surface area contributed by atoms with Gasteiger partial charge in [0.1, 0.15) is 0 Å². The van der Waals surface area contributed by atoms with Crippen LogP contribution in [0.2, 0.25) is 0 Å². The zero-order valence-electron chi connectivity index (χ0n) is 14.1. The Bertz CT molecular complexity index is 574. The fourth-order valence-corrected chi connectivity index (χ4v) is 5.28. The Hall–Kier alpha value is -1.35. The Kier molecular flexibility index (Phi) is 3.92. The van der Waals surface area contributed by atoms with Crippen LogP contribution >= 0.6 is 0 Å². The van der Waals surface area contributed by atoms with Gasteiger partial charge in [-0.05, 0) is 49.7 Å². The van der Waals surface area contributed by atoms with E-state index in [1.54, 1.807) is 0 Å². The second-order valence-electron chi connectivity index (χ2n) is 7.72. The largest absolute Gasteiger partial charge is 0.381 e. The summed E-state index contributed by atoms with van der Waals surface area (Å²) in [6, 6.07) is 8.53. The first-order valence-electron chi connectivity index (χ1n) is 9.10. The van der Waals surface area contributed by atoms with E-state index >= 15 is 0 Å². The molecular formula is C20H27NO2. The lowest BCUT2D eigenvalue weighted by Crippen LogP contribution is -2.51. The third-order valence-corrected chi connectivity index (χ3v) is 6.43. The number of hydrogen-bond acceptors (Lipinski definition) is 2. The van der Waals surface area contributed by atoms with Crippen LogP contribution in [0.1, 0.15) is 43.2 Å². The molecule has 3 aliphatic rings. The number of likely N-dealkylation sites (tertiary alicyclic amines) is 1. The zero-order valence-corrected chi connectivity index (χ0v) is 14.1. The molecule has 23 heavy (non-hydrogen) atoms. The van der Waals surface area contributed by atoms with Crippen molar-refractivity contribution in [1.29, 1.82) is 0 Å². The van der Waals surface area contributed by atoms with Crippen molar-refractivity contribution < 1.29 is 9.53 Å². The summed E-state index contributed by atoms with van der Waals surface area (Å²) >= 11 is 0. The van der Waals surface area contributed by atoms with Crippen molar-refractivity contribution in [2.24, 2.45) is 11.3 Å². The lowest BCUT2D eigenvalue weighted by molar-refractivity contribution is -0.141. The third kappa shape index (κ3) is 2.59. The molecule has 124 valence electrons. The van der Waals surface area contributed by atoms with Gasteiger partial charge in [0.15, 0.2) is 0 Å². The maximum absolute atomic E-state index is 13.1. The molecule has 1 saturated heterocycles. The summed E-state index contributed by atoms with van der Waals surface area (Å²) in [5.41, 5.74) is 2.97. The molecule has 0 bridgehead atoms. The first-order chi connectivity index (χ1) is 11.2. The minimum atomic E-state index is 0.157. The van der Waals surface area contributed by atoms with Gasteiger partial charge in [0.25, 0.3) is 0 Å². The lowest BCUT2D eigenvalue weighted by Gasteiger charge is -2.44. The summed E-state index contributed by atoms with van der Waals surface area (Å²) in [5.74, 6) is 0.534. The summed E-state index contributed by atoms with van der Waals surface area (Å²) in [7, 11) is 1.84. The molecule has 3 heteroatoms. The molecule has 0 aromatic heterocycles. The number of piperidine rings is 1. The molecule has 1 aliphatic heterocycles. The molecule has 2 aliphatic carbocycles. The first-order valence-corrected chi connectivity index (χ1v) is 9.10.